The second kappa shape index (κ2) is 5.67. The molecule has 104 valence electrons. The third kappa shape index (κ3) is 2.72. The summed E-state index contributed by atoms with van der Waals surface area (Å²) in [6.07, 6.45) is 0.685. The van der Waals surface area contributed by atoms with E-state index < -0.39 is 0 Å². The molecule has 0 unspecified atom stereocenters. The molecule has 0 spiro atoms. The van der Waals surface area contributed by atoms with Crippen LogP contribution in [0.3, 0.4) is 0 Å². The minimum atomic E-state index is 0.685. The molecule has 0 bridgehead atoms. The van der Waals surface area contributed by atoms with E-state index in [1.165, 1.54) is 10.8 Å². The maximum atomic E-state index is 10.4. The first kappa shape index (κ1) is 13.2. The second-order valence-corrected chi connectivity index (χ2v) is 4.87. The minimum Gasteiger partial charge on any atom is -0.388 e. The molecule has 0 heterocycles. The molecule has 0 aliphatic carbocycles. The number of nitrogens with one attached hydrogen (secondary N) is 2. The van der Waals surface area contributed by atoms with Crippen molar-refractivity contribution in [2.75, 3.05) is 17.7 Å². The quantitative estimate of drug-likeness (QED) is 0.704. The number of carbonyl (C=O) groups excluding carboxylic acids is 1. The smallest absolute Gasteiger partial charge is 0.211 e. The van der Waals surface area contributed by atoms with Gasteiger partial charge in [-0.2, -0.15) is 0 Å². The van der Waals surface area contributed by atoms with E-state index in [9.17, 15) is 4.79 Å². The molecule has 0 fully saturated rings. The number of benzene rings is 3. The lowest BCUT2D eigenvalue weighted by Gasteiger charge is -2.07. The van der Waals surface area contributed by atoms with Crippen LogP contribution in [-0.2, 0) is 4.79 Å². The molecule has 0 aromatic heterocycles. The molecule has 1 amide bonds. The summed E-state index contributed by atoms with van der Waals surface area (Å²) >= 11 is 0. The van der Waals surface area contributed by atoms with Crippen molar-refractivity contribution >= 4 is 28.6 Å². The highest BCUT2D eigenvalue weighted by Gasteiger charge is 2.01. The molecule has 0 saturated heterocycles. The highest BCUT2D eigenvalue weighted by Crippen LogP contribution is 2.27. The van der Waals surface area contributed by atoms with E-state index in [2.05, 4.69) is 47.0 Å². The van der Waals surface area contributed by atoms with Gasteiger partial charge in [0.05, 0.1) is 0 Å². The molecule has 2 N–H and O–H groups in total. The van der Waals surface area contributed by atoms with Gasteiger partial charge in [0.15, 0.2) is 0 Å². The number of anilines is 2. The average molecular weight is 276 g/mol. The fraction of sp³-hybridized carbons (Fsp3) is 0.0556. The first-order chi connectivity index (χ1) is 10.3. The fourth-order valence-electron chi connectivity index (χ4n) is 2.41. The zero-order chi connectivity index (χ0) is 14.7. The first-order valence-corrected chi connectivity index (χ1v) is 6.82. The van der Waals surface area contributed by atoms with E-state index in [4.69, 9.17) is 0 Å². The van der Waals surface area contributed by atoms with Gasteiger partial charge in [0.25, 0.3) is 0 Å². The standard InChI is InChI=1S/C18H16N2O/c1-19-18-9-6-15-10-14(2-3-16(15)11-18)13-4-7-17(8-5-13)20-12-21/h2-12,19H,1H3,(H,20,21). The van der Waals surface area contributed by atoms with Gasteiger partial charge in [-0.25, -0.2) is 0 Å². The number of amides is 1. The Labute approximate surface area is 123 Å². The van der Waals surface area contributed by atoms with Gasteiger partial charge in [0.1, 0.15) is 0 Å². The Balaban J connectivity index is 1.98. The van der Waals surface area contributed by atoms with Gasteiger partial charge < -0.3 is 10.6 Å². The van der Waals surface area contributed by atoms with Gasteiger partial charge in [0, 0.05) is 18.4 Å². The molecular formula is C18H16N2O. The van der Waals surface area contributed by atoms with Crippen molar-refractivity contribution in [2.45, 2.75) is 0 Å². The van der Waals surface area contributed by atoms with Crippen LogP contribution in [0.1, 0.15) is 0 Å². The lowest BCUT2D eigenvalue weighted by molar-refractivity contribution is -0.105. The predicted molar refractivity (Wildman–Crippen MR) is 88.6 cm³/mol. The van der Waals surface area contributed by atoms with Crippen molar-refractivity contribution in [1.29, 1.82) is 0 Å². The number of hydrogen-bond acceptors (Lipinski definition) is 2. The Morgan fingerprint density at radius 1 is 0.762 bits per heavy atom. The van der Waals surface area contributed by atoms with Crippen LogP contribution >= 0.6 is 0 Å². The zero-order valence-electron chi connectivity index (χ0n) is 11.8. The second-order valence-electron chi connectivity index (χ2n) is 4.87. The number of hydrogen-bond donors (Lipinski definition) is 2. The first-order valence-electron chi connectivity index (χ1n) is 6.82. The van der Waals surface area contributed by atoms with Crippen molar-refractivity contribution in [2.24, 2.45) is 0 Å². The van der Waals surface area contributed by atoms with Crippen LogP contribution in [0.2, 0.25) is 0 Å². The Kier molecular flexibility index (Phi) is 3.56. The summed E-state index contributed by atoms with van der Waals surface area (Å²) in [5.41, 5.74) is 4.20. The molecule has 21 heavy (non-hydrogen) atoms. The van der Waals surface area contributed by atoms with Crippen LogP contribution in [0.4, 0.5) is 11.4 Å². The van der Waals surface area contributed by atoms with Crippen LogP contribution in [0, 0.1) is 0 Å². The summed E-state index contributed by atoms with van der Waals surface area (Å²) in [4.78, 5) is 10.4. The van der Waals surface area contributed by atoms with Crippen molar-refractivity contribution in [3.05, 3.63) is 60.7 Å². The maximum absolute atomic E-state index is 10.4. The molecule has 3 aromatic carbocycles. The van der Waals surface area contributed by atoms with E-state index in [0.29, 0.717) is 6.41 Å². The van der Waals surface area contributed by atoms with Gasteiger partial charge in [-0.1, -0.05) is 30.3 Å². The molecule has 3 heteroatoms. The van der Waals surface area contributed by atoms with E-state index in [0.717, 1.165) is 22.5 Å². The van der Waals surface area contributed by atoms with Gasteiger partial charge >= 0.3 is 0 Å². The predicted octanol–water partition coefficient (Wildman–Crippen LogP) is 4.12. The number of fused-ring (bicyclic) bond motifs is 1. The molecule has 0 aliphatic heterocycles. The number of carbonyl (C=O) groups is 1. The topological polar surface area (TPSA) is 41.1 Å². The van der Waals surface area contributed by atoms with Crippen molar-refractivity contribution < 1.29 is 4.79 Å². The van der Waals surface area contributed by atoms with Crippen LogP contribution < -0.4 is 10.6 Å². The SMILES string of the molecule is CNc1ccc2cc(-c3ccc(NC=O)cc3)ccc2c1. The van der Waals surface area contributed by atoms with Crippen molar-refractivity contribution in [3.8, 4) is 11.1 Å². The van der Waals surface area contributed by atoms with E-state index >= 15 is 0 Å². The molecule has 0 radical (unpaired) electrons. The zero-order valence-corrected chi connectivity index (χ0v) is 11.8. The molecule has 3 aromatic rings. The summed E-state index contributed by atoms with van der Waals surface area (Å²) in [5.74, 6) is 0. The summed E-state index contributed by atoms with van der Waals surface area (Å²) in [6.45, 7) is 0. The van der Waals surface area contributed by atoms with Crippen LogP contribution in [0.25, 0.3) is 21.9 Å². The lowest BCUT2D eigenvalue weighted by Crippen LogP contribution is -1.92. The van der Waals surface area contributed by atoms with Crippen LogP contribution in [0.5, 0.6) is 0 Å². The summed E-state index contributed by atoms with van der Waals surface area (Å²) in [6, 6.07) is 20.6. The molecule has 0 atom stereocenters. The fourth-order valence-corrected chi connectivity index (χ4v) is 2.41. The van der Waals surface area contributed by atoms with Gasteiger partial charge in [-0.15, -0.1) is 0 Å². The van der Waals surface area contributed by atoms with Gasteiger partial charge in [-0.3, -0.25) is 4.79 Å². The lowest BCUT2D eigenvalue weighted by atomic mass is 10.0. The largest absolute Gasteiger partial charge is 0.388 e. The van der Waals surface area contributed by atoms with Gasteiger partial charge in [-0.05, 0) is 52.2 Å². The molecule has 3 nitrogen and oxygen atoms in total. The number of rotatable bonds is 4. The molecule has 0 aliphatic rings. The van der Waals surface area contributed by atoms with Crippen LogP contribution in [0.15, 0.2) is 60.7 Å². The normalized spacial score (nSPS) is 10.3. The van der Waals surface area contributed by atoms with E-state index in [-0.39, 0.29) is 0 Å². The van der Waals surface area contributed by atoms with Crippen molar-refractivity contribution in [1.82, 2.24) is 0 Å². The van der Waals surface area contributed by atoms with Gasteiger partial charge in [0.2, 0.25) is 6.41 Å². The Bertz CT molecular complexity index is 779. The summed E-state index contributed by atoms with van der Waals surface area (Å²) in [7, 11) is 1.92. The molecule has 3 rings (SSSR count). The maximum Gasteiger partial charge on any atom is 0.211 e. The summed E-state index contributed by atoms with van der Waals surface area (Å²) < 4.78 is 0. The highest BCUT2D eigenvalue weighted by atomic mass is 16.1. The highest BCUT2D eigenvalue weighted by molar-refractivity contribution is 5.90. The van der Waals surface area contributed by atoms with Crippen LogP contribution in [-0.4, -0.2) is 13.5 Å². The molecular weight excluding hydrogens is 260 g/mol. The third-order valence-corrected chi connectivity index (χ3v) is 3.57. The van der Waals surface area contributed by atoms with E-state index in [1.807, 2.05) is 31.3 Å². The average Bonchev–Trinajstić information content (AvgIpc) is 2.55. The monoisotopic (exact) mass is 276 g/mol. The van der Waals surface area contributed by atoms with Crippen molar-refractivity contribution in [3.63, 3.8) is 0 Å². The Morgan fingerprint density at radius 3 is 2.10 bits per heavy atom. The van der Waals surface area contributed by atoms with E-state index in [1.54, 1.807) is 0 Å². The Morgan fingerprint density at radius 2 is 1.38 bits per heavy atom. The third-order valence-electron chi connectivity index (χ3n) is 3.57. The summed E-state index contributed by atoms with van der Waals surface area (Å²) in [5, 5.41) is 8.21. The Hall–Kier alpha value is -2.81. The molecule has 0 saturated carbocycles. The minimum absolute atomic E-state index is 0.685.